The van der Waals surface area contributed by atoms with Crippen molar-refractivity contribution in [2.45, 2.75) is 44.0 Å². The zero-order chi connectivity index (χ0) is 21.6. The van der Waals surface area contributed by atoms with Crippen molar-refractivity contribution in [1.82, 2.24) is 9.62 Å². The molecule has 0 radical (unpaired) electrons. The summed E-state index contributed by atoms with van der Waals surface area (Å²) in [7, 11) is -1.83. The van der Waals surface area contributed by atoms with Crippen LogP contribution in [0.1, 0.15) is 36.8 Å². The molecule has 0 bridgehead atoms. The van der Waals surface area contributed by atoms with Crippen LogP contribution in [-0.2, 0) is 21.4 Å². The first-order valence-corrected chi connectivity index (χ1v) is 11.8. The molecule has 0 saturated carbocycles. The number of nitrogens with one attached hydrogen (secondary N) is 1. The van der Waals surface area contributed by atoms with Crippen LogP contribution in [-0.4, -0.2) is 38.8 Å². The van der Waals surface area contributed by atoms with Crippen LogP contribution in [0.15, 0.2) is 53.4 Å². The summed E-state index contributed by atoms with van der Waals surface area (Å²) in [6, 6.07) is 14.7. The summed E-state index contributed by atoms with van der Waals surface area (Å²) in [5, 5.41) is 2.95. The highest BCUT2D eigenvalue weighted by Gasteiger charge is 2.30. The number of hydrogen-bond acceptors (Lipinski definition) is 4. The van der Waals surface area contributed by atoms with Gasteiger partial charge < -0.3 is 10.1 Å². The van der Waals surface area contributed by atoms with E-state index in [-0.39, 0.29) is 5.91 Å². The Hall–Kier alpha value is -2.38. The Morgan fingerprint density at radius 1 is 1.13 bits per heavy atom. The van der Waals surface area contributed by atoms with Gasteiger partial charge in [0.15, 0.2) is 0 Å². The number of methoxy groups -OCH3 is 1. The van der Waals surface area contributed by atoms with Crippen molar-refractivity contribution in [3.8, 4) is 5.75 Å². The molecule has 6 nitrogen and oxygen atoms in total. The van der Waals surface area contributed by atoms with Crippen molar-refractivity contribution < 1.29 is 17.9 Å². The van der Waals surface area contributed by atoms with Crippen LogP contribution in [0.2, 0.25) is 0 Å². The maximum atomic E-state index is 12.9. The molecule has 30 heavy (non-hydrogen) atoms. The topological polar surface area (TPSA) is 75.7 Å². The largest absolute Gasteiger partial charge is 0.497 e. The zero-order valence-corrected chi connectivity index (χ0v) is 18.5. The van der Waals surface area contributed by atoms with Crippen molar-refractivity contribution in [1.29, 1.82) is 0 Å². The number of ether oxygens (including phenoxy) is 1. The summed E-state index contributed by atoms with van der Waals surface area (Å²) < 4.78 is 32.6. The summed E-state index contributed by atoms with van der Waals surface area (Å²) in [4.78, 5) is 12.6. The standard InChI is InChI=1S/C23H30N2O4S/c1-18-6-3-4-9-22(18)30(27,28)25-14-12-19(13-15-25)10-11-23(26)24-17-20-7-5-8-21(16-20)29-2/h3-9,16,19H,10-15,17H2,1-2H3,(H,24,26). The first kappa shape index (κ1) is 22.3. The predicted molar refractivity (Wildman–Crippen MR) is 117 cm³/mol. The highest BCUT2D eigenvalue weighted by molar-refractivity contribution is 7.89. The Bertz CT molecular complexity index is 967. The van der Waals surface area contributed by atoms with E-state index in [0.717, 1.165) is 36.1 Å². The lowest BCUT2D eigenvalue weighted by Crippen LogP contribution is -2.39. The third-order valence-corrected chi connectivity index (χ3v) is 7.75. The summed E-state index contributed by atoms with van der Waals surface area (Å²) in [6.45, 7) is 3.31. The van der Waals surface area contributed by atoms with E-state index in [4.69, 9.17) is 4.74 Å². The lowest BCUT2D eigenvalue weighted by Gasteiger charge is -2.31. The van der Waals surface area contributed by atoms with Crippen molar-refractivity contribution in [3.05, 3.63) is 59.7 Å². The van der Waals surface area contributed by atoms with Gasteiger partial charge in [-0.2, -0.15) is 4.31 Å². The van der Waals surface area contributed by atoms with Gasteiger partial charge in [-0.3, -0.25) is 4.79 Å². The maximum Gasteiger partial charge on any atom is 0.243 e. The van der Waals surface area contributed by atoms with Gasteiger partial charge >= 0.3 is 0 Å². The molecule has 1 fully saturated rings. The molecule has 1 amide bonds. The van der Waals surface area contributed by atoms with Gasteiger partial charge in [-0.25, -0.2) is 8.42 Å². The lowest BCUT2D eigenvalue weighted by atomic mass is 9.93. The van der Waals surface area contributed by atoms with Crippen LogP contribution in [0.3, 0.4) is 0 Å². The minimum atomic E-state index is -3.45. The number of sulfonamides is 1. The predicted octanol–water partition coefficient (Wildman–Crippen LogP) is 3.50. The molecule has 1 aliphatic rings. The third kappa shape index (κ3) is 5.61. The summed E-state index contributed by atoms with van der Waals surface area (Å²) in [5.41, 5.74) is 1.77. The van der Waals surface area contributed by atoms with Gasteiger partial charge in [0.1, 0.15) is 5.75 Å². The zero-order valence-electron chi connectivity index (χ0n) is 17.6. The SMILES string of the molecule is COc1cccc(CNC(=O)CCC2CCN(S(=O)(=O)c3ccccc3C)CC2)c1. The summed E-state index contributed by atoms with van der Waals surface area (Å²) >= 11 is 0. The molecule has 3 rings (SSSR count). The van der Waals surface area contributed by atoms with Gasteiger partial charge in [-0.05, 0) is 61.4 Å². The van der Waals surface area contributed by atoms with E-state index in [9.17, 15) is 13.2 Å². The molecular weight excluding hydrogens is 400 g/mol. The van der Waals surface area contributed by atoms with E-state index >= 15 is 0 Å². The van der Waals surface area contributed by atoms with Crippen LogP contribution in [0.4, 0.5) is 0 Å². The Balaban J connectivity index is 1.43. The highest BCUT2D eigenvalue weighted by Crippen LogP contribution is 2.27. The molecule has 162 valence electrons. The molecule has 0 aromatic heterocycles. The third-order valence-electron chi connectivity index (χ3n) is 5.69. The molecule has 0 unspecified atom stereocenters. The fourth-order valence-corrected chi connectivity index (χ4v) is 5.53. The molecular formula is C23H30N2O4S. The second-order valence-corrected chi connectivity index (χ2v) is 9.69. The Morgan fingerprint density at radius 2 is 1.87 bits per heavy atom. The molecule has 2 aromatic carbocycles. The molecule has 0 atom stereocenters. The molecule has 1 heterocycles. The van der Waals surface area contributed by atoms with E-state index in [2.05, 4.69) is 5.32 Å². The van der Waals surface area contributed by atoms with Gasteiger partial charge in [-0.15, -0.1) is 0 Å². The van der Waals surface area contributed by atoms with E-state index in [1.54, 1.807) is 23.5 Å². The molecule has 1 aliphatic heterocycles. The van der Waals surface area contributed by atoms with Crippen molar-refractivity contribution in [3.63, 3.8) is 0 Å². The van der Waals surface area contributed by atoms with E-state index < -0.39 is 10.0 Å². The van der Waals surface area contributed by atoms with Crippen LogP contribution < -0.4 is 10.1 Å². The fourth-order valence-electron chi connectivity index (χ4n) is 3.83. The Morgan fingerprint density at radius 3 is 2.57 bits per heavy atom. The number of benzene rings is 2. The van der Waals surface area contributed by atoms with Crippen molar-refractivity contribution in [2.24, 2.45) is 5.92 Å². The van der Waals surface area contributed by atoms with Crippen LogP contribution in [0.25, 0.3) is 0 Å². The van der Waals surface area contributed by atoms with E-state index in [1.807, 2.05) is 43.3 Å². The van der Waals surface area contributed by atoms with Crippen LogP contribution in [0.5, 0.6) is 5.75 Å². The molecule has 7 heteroatoms. The van der Waals surface area contributed by atoms with E-state index in [1.165, 1.54) is 0 Å². The van der Waals surface area contributed by atoms with Crippen LogP contribution in [0, 0.1) is 12.8 Å². The minimum absolute atomic E-state index is 0.0211. The Labute approximate surface area is 179 Å². The van der Waals surface area contributed by atoms with Gasteiger partial charge in [0.2, 0.25) is 15.9 Å². The lowest BCUT2D eigenvalue weighted by molar-refractivity contribution is -0.121. The average molecular weight is 431 g/mol. The average Bonchev–Trinajstić information content (AvgIpc) is 2.77. The second-order valence-electron chi connectivity index (χ2n) is 7.78. The summed E-state index contributed by atoms with van der Waals surface area (Å²) in [5.74, 6) is 1.16. The summed E-state index contributed by atoms with van der Waals surface area (Å²) in [6.07, 6.45) is 2.81. The Kier molecular flexibility index (Phi) is 7.50. The smallest absolute Gasteiger partial charge is 0.243 e. The van der Waals surface area contributed by atoms with Gasteiger partial charge in [0.25, 0.3) is 0 Å². The van der Waals surface area contributed by atoms with Gasteiger partial charge in [0.05, 0.1) is 12.0 Å². The number of rotatable bonds is 8. The number of hydrogen-bond donors (Lipinski definition) is 1. The molecule has 0 aliphatic carbocycles. The quantitative estimate of drug-likeness (QED) is 0.695. The fraction of sp³-hybridized carbons (Fsp3) is 0.435. The highest BCUT2D eigenvalue weighted by atomic mass is 32.2. The number of amides is 1. The number of aryl methyl sites for hydroxylation is 1. The molecule has 0 spiro atoms. The van der Waals surface area contributed by atoms with Crippen molar-refractivity contribution >= 4 is 15.9 Å². The van der Waals surface area contributed by atoms with E-state index in [0.29, 0.717) is 36.9 Å². The maximum absolute atomic E-state index is 12.9. The van der Waals surface area contributed by atoms with Gasteiger partial charge in [0, 0.05) is 26.1 Å². The number of carbonyl (C=O) groups excluding carboxylic acids is 1. The normalized spacial score (nSPS) is 15.7. The van der Waals surface area contributed by atoms with Gasteiger partial charge in [-0.1, -0.05) is 30.3 Å². The van der Waals surface area contributed by atoms with Crippen molar-refractivity contribution in [2.75, 3.05) is 20.2 Å². The molecule has 2 aromatic rings. The monoisotopic (exact) mass is 430 g/mol. The minimum Gasteiger partial charge on any atom is -0.497 e. The first-order valence-electron chi connectivity index (χ1n) is 10.4. The number of carbonyl (C=O) groups is 1. The number of nitrogens with zero attached hydrogens (tertiary/aromatic N) is 1. The molecule has 1 saturated heterocycles. The van der Waals surface area contributed by atoms with Crippen LogP contribution >= 0.6 is 0 Å². The number of piperidine rings is 1. The second kappa shape index (κ2) is 10.1. The first-order chi connectivity index (χ1) is 14.4. The molecule has 1 N–H and O–H groups in total.